The van der Waals surface area contributed by atoms with E-state index in [0.717, 1.165) is 18.4 Å². The van der Waals surface area contributed by atoms with Crippen LogP contribution < -0.4 is 5.32 Å². The van der Waals surface area contributed by atoms with E-state index in [9.17, 15) is 4.79 Å². The molecule has 0 spiro atoms. The lowest BCUT2D eigenvalue weighted by Crippen LogP contribution is -2.52. The highest BCUT2D eigenvalue weighted by molar-refractivity contribution is 6.30. The van der Waals surface area contributed by atoms with Crippen LogP contribution in [0.4, 0.5) is 0 Å². The molecule has 0 saturated heterocycles. The van der Waals surface area contributed by atoms with Crippen LogP contribution in [0.3, 0.4) is 0 Å². The van der Waals surface area contributed by atoms with E-state index in [1.54, 1.807) is 12.1 Å². The number of nitrogens with one attached hydrogen (secondary N) is 1. The number of hydrogen-bond acceptors (Lipinski definition) is 3. The number of ether oxygens (including phenoxy) is 1. The molecular weight excluding hydrogens is 274 g/mol. The Kier molecular flexibility index (Phi) is 5.06. The van der Waals surface area contributed by atoms with Gasteiger partial charge in [0.15, 0.2) is 0 Å². The first kappa shape index (κ1) is 15.3. The normalized spacial score (nSPS) is 19.4. The van der Waals surface area contributed by atoms with E-state index in [0.29, 0.717) is 11.1 Å². The van der Waals surface area contributed by atoms with Crippen molar-refractivity contribution in [1.82, 2.24) is 5.32 Å². The van der Waals surface area contributed by atoms with Crippen molar-refractivity contribution in [2.75, 3.05) is 7.11 Å². The van der Waals surface area contributed by atoms with Gasteiger partial charge in [-0.1, -0.05) is 43.0 Å². The summed E-state index contributed by atoms with van der Waals surface area (Å²) in [5.41, 5.74) is 0.0702. The molecule has 1 aromatic rings. The van der Waals surface area contributed by atoms with Gasteiger partial charge in [-0.05, 0) is 37.5 Å². The predicted octanol–water partition coefficient (Wildman–Crippen LogP) is 3.65. The van der Waals surface area contributed by atoms with Crippen LogP contribution in [0.5, 0.6) is 0 Å². The highest BCUT2D eigenvalue weighted by atomic mass is 35.5. The first-order valence-corrected chi connectivity index (χ1v) is 7.56. The minimum Gasteiger partial charge on any atom is -0.467 e. The molecule has 1 aliphatic carbocycles. The minimum absolute atomic E-state index is 0.259. The molecule has 0 heterocycles. The quantitative estimate of drug-likeness (QED) is 0.862. The van der Waals surface area contributed by atoms with E-state index in [4.69, 9.17) is 16.3 Å². The Labute approximate surface area is 125 Å². The van der Waals surface area contributed by atoms with Gasteiger partial charge in [-0.3, -0.25) is 5.32 Å². The van der Waals surface area contributed by atoms with Crippen molar-refractivity contribution >= 4 is 17.6 Å². The molecule has 1 saturated carbocycles. The number of carbonyl (C=O) groups is 1. The number of rotatable bonds is 4. The number of hydrogen-bond donors (Lipinski definition) is 1. The first-order chi connectivity index (χ1) is 9.56. The zero-order chi connectivity index (χ0) is 14.6. The molecule has 1 aliphatic rings. The van der Waals surface area contributed by atoms with Crippen LogP contribution in [0.15, 0.2) is 24.3 Å². The first-order valence-electron chi connectivity index (χ1n) is 7.18. The van der Waals surface area contributed by atoms with Crippen molar-refractivity contribution in [2.45, 2.75) is 50.6 Å². The Morgan fingerprint density at radius 3 is 2.40 bits per heavy atom. The molecule has 0 bridgehead atoms. The van der Waals surface area contributed by atoms with Gasteiger partial charge in [0.2, 0.25) is 0 Å². The lowest BCUT2D eigenvalue weighted by atomic mass is 9.87. The maximum absolute atomic E-state index is 12.3. The molecule has 0 aromatic heterocycles. The van der Waals surface area contributed by atoms with Gasteiger partial charge in [0, 0.05) is 11.1 Å². The largest absolute Gasteiger partial charge is 0.467 e. The van der Waals surface area contributed by atoms with E-state index < -0.39 is 5.54 Å². The maximum atomic E-state index is 12.3. The van der Waals surface area contributed by atoms with Crippen LogP contribution in [-0.4, -0.2) is 19.1 Å². The van der Waals surface area contributed by atoms with Crippen molar-refractivity contribution in [2.24, 2.45) is 0 Å². The number of halogens is 1. The van der Waals surface area contributed by atoms with Crippen molar-refractivity contribution < 1.29 is 9.53 Å². The molecule has 1 N–H and O–H groups in total. The summed E-state index contributed by atoms with van der Waals surface area (Å²) in [5, 5.41) is 4.17. The second-order valence-electron chi connectivity index (χ2n) is 5.60. The molecule has 1 aromatic carbocycles. The zero-order valence-electron chi connectivity index (χ0n) is 12.1. The maximum Gasteiger partial charge on any atom is 0.330 e. The van der Waals surface area contributed by atoms with Crippen LogP contribution in [0, 0.1) is 0 Å². The summed E-state index contributed by atoms with van der Waals surface area (Å²) in [7, 11) is 1.43. The summed E-state index contributed by atoms with van der Waals surface area (Å²) in [5.74, 6) is -0.259. The Bertz CT molecular complexity index is 454. The highest BCUT2D eigenvalue weighted by Crippen LogP contribution is 2.28. The van der Waals surface area contributed by atoms with E-state index in [-0.39, 0.29) is 5.97 Å². The predicted molar refractivity (Wildman–Crippen MR) is 80.8 cm³/mol. The molecule has 1 unspecified atom stereocenters. The number of carbonyl (C=O) groups excluding carboxylic acids is 1. The second-order valence-corrected chi connectivity index (χ2v) is 6.04. The Morgan fingerprint density at radius 2 is 1.85 bits per heavy atom. The van der Waals surface area contributed by atoms with Crippen LogP contribution in [-0.2, 0) is 15.1 Å². The van der Waals surface area contributed by atoms with Crippen LogP contribution in [0.1, 0.15) is 44.6 Å². The Hall–Kier alpha value is -1.06. The molecule has 0 radical (unpaired) electrons. The zero-order valence-corrected chi connectivity index (χ0v) is 12.9. The van der Waals surface area contributed by atoms with Gasteiger partial charge < -0.3 is 4.74 Å². The van der Waals surface area contributed by atoms with Crippen LogP contribution >= 0.6 is 11.6 Å². The molecular formula is C16H22ClNO2. The average molecular weight is 296 g/mol. The van der Waals surface area contributed by atoms with Crippen LogP contribution in [0.25, 0.3) is 0 Å². The topological polar surface area (TPSA) is 38.3 Å². The Morgan fingerprint density at radius 1 is 1.25 bits per heavy atom. The standard InChI is InChI=1S/C16H22ClNO2/c1-16(15(19)20-2,12-8-10-13(17)11-9-12)18-14-6-4-3-5-7-14/h8-11,14,18H,3-7H2,1-2H3. The molecule has 3 nitrogen and oxygen atoms in total. The SMILES string of the molecule is COC(=O)C(C)(NC1CCCCC1)c1ccc(Cl)cc1. The summed E-state index contributed by atoms with van der Waals surface area (Å²) in [6, 6.07) is 7.74. The van der Waals surface area contributed by atoms with E-state index >= 15 is 0 Å². The summed E-state index contributed by atoms with van der Waals surface area (Å²) in [4.78, 5) is 12.3. The third kappa shape index (κ3) is 3.33. The lowest BCUT2D eigenvalue weighted by molar-refractivity contribution is -0.148. The third-order valence-electron chi connectivity index (χ3n) is 4.11. The molecule has 0 amide bonds. The van der Waals surface area contributed by atoms with E-state index in [1.165, 1.54) is 26.4 Å². The number of benzene rings is 1. The summed E-state index contributed by atoms with van der Waals surface area (Å²) >= 11 is 5.93. The summed E-state index contributed by atoms with van der Waals surface area (Å²) in [6.45, 7) is 1.89. The summed E-state index contributed by atoms with van der Waals surface area (Å²) in [6.07, 6.45) is 5.94. The molecule has 1 fully saturated rings. The molecule has 110 valence electrons. The molecule has 1 atom stereocenters. The van der Waals surface area contributed by atoms with E-state index in [1.807, 2.05) is 19.1 Å². The van der Waals surface area contributed by atoms with Gasteiger partial charge in [-0.15, -0.1) is 0 Å². The minimum atomic E-state index is -0.818. The van der Waals surface area contributed by atoms with Gasteiger partial charge in [0.1, 0.15) is 5.54 Å². The van der Waals surface area contributed by atoms with Gasteiger partial charge in [0.25, 0.3) is 0 Å². The molecule has 2 rings (SSSR count). The van der Waals surface area contributed by atoms with Gasteiger partial charge in [0.05, 0.1) is 7.11 Å². The van der Waals surface area contributed by atoms with Crippen molar-refractivity contribution in [3.05, 3.63) is 34.9 Å². The fourth-order valence-corrected chi connectivity index (χ4v) is 3.03. The van der Waals surface area contributed by atoms with Crippen LogP contribution in [0.2, 0.25) is 5.02 Å². The smallest absolute Gasteiger partial charge is 0.330 e. The number of methoxy groups -OCH3 is 1. The molecule has 20 heavy (non-hydrogen) atoms. The van der Waals surface area contributed by atoms with E-state index in [2.05, 4.69) is 5.32 Å². The fraction of sp³-hybridized carbons (Fsp3) is 0.562. The fourth-order valence-electron chi connectivity index (χ4n) is 2.90. The van der Waals surface area contributed by atoms with Gasteiger partial charge >= 0.3 is 5.97 Å². The lowest BCUT2D eigenvalue weighted by Gasteiger charge is -2.35. The third-order valence-corrected chi connectivity index (χ3v) is 4.37. The Balaban J connectivity index is 2.24. The van der Waals surface area contributed by atoms with Crippen molar-refractivity contribution in [3.63, 3.8) is 0 Å². The number of esters is 1. The average Bonchev–Trinajstić information content (AvgIpc) is 2.48. The van der Waals surface area contributed by atoms with Gasteiger partial charge in [-0.2, -0.15) is 0 Å². The monoisotopic (exact) mass is 295 g/mol. The van der Waals surface area contributed by atoms with Gasteiger partial charge in [-0.25, -0.2) is 4.79 Å². The highest BCUT2D eigenvalue weighted by Gasteiger charge is 2.38. The second kappa shape index (κ2) is 6.59. The van der Waals surface area contributed by atoms with Crippen molar-refractivity contribution in [3.8, 4) is 0 Å². The van der Waals surface area contributed by atoms with Crippen molar-refractivity contribution in [1.29, 1.82) is 0 Å². The molecule has 4 heteroatoms. The summed E-state index contributed by atoms with van der Waals surface area (Å²) < 4.78 is 5.01. The molecule has 0 aliphatic heterocycles.